The molecule has 0 radical (unpaired) electrons. The fourth-order valence-corrected chi connectivity index (χ4v) is 4.09. The maximum Gasteiger partial charge on any atom is 0.253 e. The average molecular weight is 458 g/mol. The van der Waals surface area contributed by atoms with Gasteiger partial charge in [0.25, 0.3) is 5.91 Å². The van der Waals surface area contributed by atoms with Gasteiger partial charge >= 0.3 is 0 Å². The molecule has 2 N–H and O–H groups in total. The Bertz CT molecular complexity index is 1090. The highest BCUT2D eigenvalue weighted by molar-refractivity contribution is 7.99. The Labute approximate surface area is 190 Å². The first kappa shape index (κ1) is 22.8. The van der Waals surface area contributed by atoms with Crippen molar-refractivity contribution in [3.8, 4) is 0 Å². The molecule has 0 aliphatic heterocycles. The van der Waals surface area contributed by atoms with E-state index in [1.807, 2.05) is 49.6 Å². The van der Waals surface area contributed by atoms with Crippen LogP contribution in [0.2, 0.25) is 5.02 Å². The molecule has 0 spiro atoms. The van der Waals surface area contributed by atoms with E-state index in [2.05, 4.69) is 20.8 Å². The number of rotatable bonds is 8. The second-order valence-corrected chi connectivity index (χ2v) is 8.32. The number of aromatic nitrogens is 3. The molecule has 31 heavy (non-hydrogen) atoms. The first-order valence-electron chi connectivity index (χ1n) is 9.86. The highest BCUT2D eigenvalue weighted by Crippen LogP contribution is 2.22. The maximum atomic E-state index is 12.6. The van der Waals surface area contributed by atoms with Crippen LogP contribution in [-0.2, 0) is 11.3 Å². The maximum absolute atomic E-state index is 12.6. The van der Waals surface area contributed by atoms with E-state index < -0.39 is 0 Å². The second-order valence-electron chi connectivity index (χ2n) is 6.97. The first-order valence-corrected chi connectivity index (χ1v) is 11.2. The summed E-state index contributed by atoms with van der Waals surface area (Å²) < 4.78 is 1.89. The van der Waals surface area contributed by atoms with Gasteiger partial charge in [0.2, 0.25) is 5.91 Å². The fourth-order valence-electron chi connectivity index (χ4n) is 3.06. The first-order chi connectivity index (χ1) is 14.9. The second kappa shape index (κ2) is 10.5. The molecule has 9 heteroatoms. The van der Waals surface area contributed by atoms with Gasteiger partial charge in [0.05, 0.1) is 22.4 Å². The van der Waals surface area contributed by atoms with E-state index in [9.17, 15) is 9.59 Å². The van der Waals surface area contributed by atoms with Crippen molar-refractivity contribution < 1.29 is 9.59 Å². The summed E-state index contributed by atoms with van der Waals surface area (Å²) in [5.74, 6) is 0.412. The molecule has 0 unspecified atom stereocenters. The summed E-state index contributed by atoms with van der Waals surface area (Å²) in [5.41, 5.74) is 2.24. The summed E-state index contributed by atoms with van der Waals surface area (Å²) in [5, 5.41) is 15.3. The average Bonchev–Trinajstić information content (AvgIpc) is 3.15. The summed E-state index contributed by atoms with van der Waals surface area (Å²) >= 11 is 7.42. The number of carbonyl (C=O) groups is 2. The zero-order valence-corrected chi connectivity index (χ0v) is 19.1. The smallest absolute Gasteiger partial charge is 0.253 e. The lowest BCUT2D eigenvalue weighted by atomic mass is 10.2. The van der Waals surface area contributed by atoms with Crippen LogP contribution >= 0.6 is 23.4 Å². The summed E-state index contributed by atoms with van der Waals surface area (Å²) in [6.45, 7) is 6.38. The molecule has 2 amide bonds. The lowest BCUT2D eigenvalue weighted by Gasteiger charge is -2.15. The number of hydrogen-bond donors (Lipinski definition) is 2. The molecule has 162 valence electrons. The van der Waals surface area contributed by atoms with E-state index in [-0.39, 0.29) is 23.6 Å². The van der Waals surface area contributed by atoms with Crippen LogP contribution in [0, 0.1) is 6.92 Å². The minimum atomic E-state index is -0.383. The highest BCUT2D eigenvalue weighted by Gasteiger charge is 2.21. The standard InChI is InChI=1S/C22H24ClN5O2S/c1-4-28-20(15(3)24-21(30)17-10-5-6-11-18(17)23)26-27-22(28)31-13-19(29)25-16-9-7-8-14(2)12-16/h5-12,15H,4,13H2,1-3H3,(H,24,30)(H,25,29)/t15-/m1/s1. The number of aryl methyl sites for hydroxylation is 1. The van der Waals surface area contributed by atoms with Gasteiger partial charge in [0.15, 0.2) is 11.0 Å². The summed E-state index contributed by atoms with van der Waals surface area (Å²) in [6.07, 6.45) is 0. The summed E-state index contributed by atoms with van der Waals surface area (Å²) in [4.78, 5) is 24.9. The van der Waals surface area contributed by atoms with Gasteiger partial charge in [-0.05, 0) is 50.6 Å². The van der Waals surface area contributed by atoms with E-state index in [0.29, 0.717) is 28.1 Å². The number of thioether (sulfide) groups is 1. The fraction of sp³-hybridized carbons (Fsp3) is 0.273. The van der Waals surface area contributed by atoms with Crippen LogP contribution in [0.15, 0.2) is 53.7 Å². The van der Waals surface area contributed by atoms with E-state index in [1.165, 1.54) is 11.8 Å². The molecule has 1 atom stereocenters. The van der Waals surface area contributed by atoms with Crippen molar-refractivity contribution >= 4 is 40.9 Å². The molecular formula is C22H24ClN5O2S. The van der Waals surface area contributed by atoms with Gasteiger partial charge < -0.3 is 15.2 Å². The Morgan fingerprint density at radius 1 is 1.16 bits per heavy atom. The van der Waals surface area contributed by atoms with Crippen molar-refractivity contribution in [3.05, 3.63) is 70.5 Å². The van der Waals surface area contributed by atoms with Crippen LogP contribution < -0.4 is 10.6 Å². The molecule has 0 fully saturated rings. The van der Waals surface area contributed by atoms with Crippen LogP contribution in [0.3, 0.4) is 0 Å². The third kappa shape index (κ3) is 5.86. The van der Waals surface area contributed by atoms with E-state index >= 15 is 0 Å². The molecule has 1 heterocycles. The molecule has 7 nitrogen and oxygen atoms in total. The Morgan fingerprint density at radius 2 is 1.94 bits per heavy atom. The zero-order valence-electron chi connectivity index (χ0n) is 17.6. The molecule has 3 aromatic rings. The van der Waals surface area contributed by atoms with E-state index in [0.717, 1.165) is 11.3 Å². The van der Waals surface area contributed by atoms with Crippen molar-refractivity contribution in [1.82, 2.24) is 20.1 Å². The molecule has 0 saturated heterocycles. The lowest BCUT2D eigenvalue weighted by Crippen LogP contribution is -2.29. The van der Waals surface area contributed by atoms with Crippen LogP contribution in [-0.4, -0.2) is 32.3 Å². The topological polar surface area (TPSA) is 88.9 Å². The van der Waals surface area contributed by atoms with E-state index in [1.54, 1.807) is 24.3 Å². The van der Waals surface area contributed by atoms with Crippen molar-refractivity contribution in [2.75, 3.05) is 11.1 Å². The lowest BCUT2D eigenvalue weighted by molar-refractivity contribution is -0.113. The number of halogens is 1. The number of benzene rings is 2. The summed E-state index contributed by atoms with van der Waals surface area (Å²) in [6, 6.07) is 14.1. The quantitative estimate of drug-likeness (QED) is 0.487. The van der Waals surface area contributed by atoms with Crippen LogP contribution in [0.25, 0.3) is 0 Å². The van der Waals surface area contributed by atoms with Crippen molar-refractivity contribution in [2.45, 2.75) is 38.5 Å². The SMILES string of the molecule is CCn1c(SCC(=O)Nc2cccc(C)c2)nnc1[C@@H](C)NC(=O)c1ccccc1Cl. The van der Waals surface area contributed by atoms with E-state index in [4.69, 9.17) is 11.6 Å². The van der Waals surface area contributed by atoms with Gasteiger partial charge in [-0.2, -0.15) is 0 Å². The molecule has 0 bridgehead atoms. The minimum absolute atomic E-state index is 0.122. The Morgan fingerprint density at radius 3 is 2.65 bits per heavy atom. The Kier molecular flexibility index (Phi) is 7.70. The van der Waals surface area contributed by atoms with Gasteiger partial charge in [0, 0.05) is 12.2 Å². The van der Waals surface area contributed by atoms with Crippen LogP contribution in [0.1, 0.15) is 41.6 Å². The van der Waals surface area contributed by atoms with Crippen molar-refractivity contribution in [1.29, 1.82) is 0 Å². The molecule has 1 aromatic heterocycles. The van der Waals surface area contributed by atoms with Crippen LogP contribution in [0.4, 0.5) is 5.69 Å². The Hall–Kier alpha value is -2.84. The zero-order chi connectivity index (χ0) is 22.4. The molecule has 3 rings (SSSR count). The molecular weight excluding hydrogens is 434 g/mol. The number of nitrogens with zero attached hydrogens (tertiary/aromatic N) is 3. The number of hydrogen-bond acceptors (Lipinski definition) is 5. The third-order valence-corrected chi connectivity index (χ3v) is 5.85. The van der Waals surface area contributed by atoms with Gasteiger partial charge in [-0.25, -0.2) is 0 Å². The Balaban J connectivity index is 1.63. The molecule has 0 saturated carbocycles. The van der Waals surface area contributed by atoms with Gasteiger partial charge in [-0.15, -0.1) is 10.2 Å². The van der Waals surface area contributed by atoms with Crippen LogP contribution in [0.5, 0.6) is 0 Å². The highest BCUT2D eigenvalue weighted by atomic mass is 35.5. The predicted octanol–water partition coefficient (Wildman–Crippen LogP) is 4.48. The number of carbonyl (C=O) groups excluding carboxylic acids is 2. The third-order valence-electron chi connectivity index (χ3n) is 4.55. The normalized spacial score (nSPS) is 11.7. The summed E-state index contributed by atoms with van der Waals surface area (Å²) in [7, 11) is 0. The molecule has 0 aliphatic rings. The molecule has 0 aliphatic carbocycles. The van der Waals surface area contributed by atoms with Gasteiger partial charge in [-0.3, -0.25) is 9.59 Å². The van der Waals surface area contributed by atoms with Gasteiger partial charge in [-0.1, -0.05) is 47.6 Å². The van der Waals surface area contributed by atoms with Crippen molar-refractivity contribution in [2.24, 2.45) is 0 Å². The number of amides is 2. The number of anilines is 1. The molecule has 2 aromatic carbocycles. The van der Waals surface area contributed by atoms with Gasteiger partial charge in [0.1, 0.15) is 0 Å². The van der Waals surface area contributed by atoms with Crippen molar-refractivity contribution in [3.63, 3.8) is 0 Å². The predicted molar refractivity (Wildman–Crippen MR) is 124 cm³/mol. The minimum Gasteiger partial charge on any atom is -0.342 e. The monoisotopic (exact) mass is 457 g/mol. The largest absolute Gasteiger partial charge is 0.342 e. The number of nitrogens with one attached hydrogen (secondary N) is 2.